The van der Waals surface area contributed by atoms with Gasteiger partial charge in [0.2, 0.25) is 17.7 Å². The molecule has 3 aliphatic rings. The van der Waals surface area contributed by atoms with Gasteiger partial charge in [0.25, 0.3) is 40.5 Å². The van der Waals surface area contributed by atoms with Crippen LogP contribution < -0.4 is 52.5 Å². The number of hydrogen-bond donors (Lipinski definition) is 7. The van der Waals surface area contributed by atoms with Gasteiger partial charge >= 0.3 is 5.65 Å². The number of phosphoric acid groups is 3. The lowest BCUT2D eigenvalue weighted by atomic mass is 10.1. The normalized spacial score (nSPS) is 29.6. The van der Waals surface area contributed by atoms with E-state index in [4.69, 9.17) is 75.5 Å². The Kier molecular flexibility index (Phi) is 16.8. The average molecular weight is 1210 g/mol. The van der Waals surface area contributed by atoms with Crippen molar-refractivity contribution in [1.29, 1.82) is 0 Å². The highest BCUT2D eigenvalue weighted by Crippen LogP contribution is 2.63. The molecule has 6 aromatic heterocycles. The van der Waals surface area contributed by atoms with Crippen LogP contribution in [0.1, 0.15) is 32.5 Å². The lowest BCUT2D eigenvalue weighted by molar-refractivity contribution is -0.745. The molecule has 0 saturated carbocycles. The standard InChI is InChI=1S/C36H51N15O23P4S/c1-13(2)68-23-15(70-32(21(23)53)50-11-43-18-28(50)44-35(38)46-30(18)54)6-65-75(56,57)72-24-16(71-34(25(24)64-5)49-10-42-17-26(37)40-9-41-27(17)49)7-66-76(58,59)73-77(60,61)74-78(62,79)67-8-14-22(63-4)20(52)33(69-14)51-12-48(3)19-29(51)45-36(39)47-31(19)55/h9-16,20-25,32-34,52-53H,6-8H2,1-5H3,(H11-,37,38,39,40,41,44,45,46,47,54,55,56,57,58,59,60,61,62,79)/p-3/t14-,15-,16-,20?,21?,22+,23+,24+,25?,32-,33-,34-,78?/m1/s1. The second kappa shape index (κ2) is 22.6. The molecule has 9 rings (SSSR count). The zero-order valence-electron chi connectivity index (χ0n) is 41.3. The van der Waals surface area contributed by atoms with E-state index in [-0.39, 0.29) is 51.2 Å². The number of hydrogen-bond acceptors (Lipinski definition) is 33. The third-order valence-electron chi connectivity index (χ3n) is 12.2. The summed E-state index contributed by atoms with van der Waals surface area (Å²) in [6, 6.07) is 0. The van der Waals surface area contributed by atoms with Crippen molar-refractivity contribution in [2.24, 2.45) is 7.05 Å². The number of imidazole rings is 3. The number of aromatic amines is 2. The Bertz CT molecular complexity index is 3570. The van der Waals surface area contributed by atoms with Crippen molar-refractivity contribution >= 4 is 93.2 Å². The number of nitrogens with zero attached hydrogens (tertiary/aromatic N) is 10. The highest BCUT2D eigenvalue weighted by atomic mass is 32.5. The van der Waals surface area contributed by atoms with Gasteiger partial charge in [-0.1, -0.05) is 16.8 Å². The predicted molar refractivity (Wildman–Crippen MR) is 256 cm³/mol. The van der Waals surface area contributed by atoms with Crippen LogP contribution in [-0.2, 0) is 87.7 Å². The highest BCUT2D eigenvalue weighted by molar-refractivity contribution is 8.07. The molecule has 3 saturated heterocycles. The van der Waals surface area contributed by atoms with E-state index in [0.29, 0.717) is 0 Å². The summed E-state index contributed by atoms with van der Waals surface area (Å²) in [5.74, 6) is -0.636. The van der Waals surface area contributed by atoms with Gasteiger partial charge in [-0.15, -0.1) is 0 Å². The van der Waals surface area contributed by atoms with Gasteiger partial charge in [-0.2, -0.15) is 4.98 Å². The van der Waals surface area contributed by atoms with E-state index in [1.807, 2.05) is 0 Å². The quantitative estimate of drug-likeness (QED) is 0.0247. The second-order valence-electron chi connectivity index (χ2n) is 17.8. The van der Waals surface area contributed by atoms with Crippen LogP contribution in [0.15, 0.2) is 34.9 Å². The third kappa shape index (κ3) is 12.3. The lowest BCUT2D eigenvalue weighted by Crippen LogP contribution is -2.46. The van der Waals surface area contributed by atoms with Gasteiger partial charge in [-0.25, -0.2) is 28.8 Å². The van der Waals surface area contributed by atoms with Gasteiger partial charge in [0, 0.05) is 14.2 Å². The number of H-pyrrole nitrogens is 2. The predicted octanol–water partition coefficient (Wildman–Crippen LogP) is -5.04. The number of aliphatic hydroxyl groups excluding tert-OH is 2. The van der Waals surface area contributed by atoms with Crippen LogP contribution in [-0.4, -0.2) is 159 Å². The van der Waals surface area contributed by atoms with Crippen molar-refractivity contribution in [3.8, 4) is 0 Å². The molecule has 79 heavy (non-hydrogen) atoms. The van der Waals surface area contributed by atoms with Crippen molar-refractivity contribution in [2.45, 2.75) is 93.6 Å². The summed E-state index contributed by atoms with van der Waals surface area (Å²) in [4.78, 5) is 107. The Morgan fingerprint density at radius 2 is 1.33 bits per heavy atom. The maximum Gasteiger partial charge on any atom is 0.313 e. The molecule has 43 heteroatoms. The molecule has 0 bridgehead atoms. The third-order valence-corrected chi connectivity index (χ3v) is 18.2. The smallest absolute Gasteiger partial charge is 0.313 e. The maximum atomic E-state index is 13.8. The van der Waals surface area contributed by atoms with Crippen LogP contribution in [0, 0.1) is 0 Å². The Hall–Kier alpha value is -4.73. The number of aliphatic hydroxyl groups is 2. The topological polar surface area (TPSA) is 534 Å². The minimum atomic E-state index is -6.36. The fourth-order valence-electron chi connectivity index (χ4n) is 9.01. The first-order chi connectivity index (χ1) is 37.1. The number of rotatable bonds is 22. The van der Waals surface area contributed by atoms with Crippen molar-refractivity contribution < 1.29 is 103 Å². The largest absolute Gasteiger partial charge is 0.779 e. The minimum Gasteiger partial charge on any atom is -0.779 e. The maximum absolute atomic E-state index is 13.8. The molecule has 434 valence electrons. The van der Waals surface area contributed by atoms with Crippen LogP contribution >= 0.6 is 30.2 Å². The van der Waals surface area contributed by atoms with Gasteiger partial charge in [-0.3, -0.25) is 51.3 Å². The van der Waals surface area contributed by atoms with Crippen LogP contribution in [0.3, 0.4) is 0 Å². The molecule has 38 nitrogen and oxygen atoms in total. The summed E-state index contributed by atoms with van der Waals surface area (Å²) in [7, 11) is -14.5. The van der Waals surface area contributed by atoms with Crippen molar-refractivity contribution in [3.63, 3.8) is 0 Å². The number of anilines is 3. The van der Waals surface area contributed by atoms with E-state index in [1.54, 1.807) is 13.8 Å². The Labute approximate surface area is 446 Å². The molecular weight excluding hydrogens is 1170 g/mol. The Morgan fingerprint density at radius 1 is 0.734 bits per heavy atom. The van der Waals surface area contributed by atoms with Crippen molar-refractivity contribution in [1.82, 2.24) is 53.6 Å². The SMILES string of the molecule is COC1[C@@H](OP(=O)([O-])OC[C@H]2O[C@@H](n3cnc4c(=O)[nH]c(N)nc43)C(O)[C@H]2OC(C)C)[C@@H](COP(=O)([O-])OP(=O)([O-])OP([O-])(=S)OC[C@H]2O[C@@H]([n+]3cn(C)c4c(=O)[nH]c(N)nc43)C(O)[C@H]2OC)O[C@H]1n1cnc2c(N)ncnc21. The molecule has 7 unspecified atom stereocenters. The number of nitrogen functional groups attached to an aromatic ring is 3. The van der Waals surface area contributed by atoms with Crippen molar-refractivity contribution in [2.75, 3.05) is 51.2 Å². The van der Waals surface area contributed by atoms with E-state index in [9.17, 15) is 53.1 Å². The number of nitrogens with one attached hydrogen (secondary N) is 2. The zero-order chi connectivity index (χ0) is 57.3. The first-order valence-electron chi connectivity index (χ1n) is 22.8. The van der Waals surface area contributed by atoms with Crippen LogP contribution in [0.5, 0.6) is 0 Å². The van der Waals surface area contributed by atoms with Gasteiger partial charge in [-0.05, 0) is 13.8 Å². The molecule has 0 spiro atoms. The average Bonchev–Trinajstić information content (AvgIpc) is 4.40. The van der Waals surface area contributed by atoms with E-state index >= 15 is 0 Å². The number of nitrogens with two attached hydrogens (primary N) is 3. The molecule has 0 aliphatic carbocycles. The Balaban J connectivity index is 0.882. The summed E-state index contributed by atoms with van der Waals surface area (Å²) < 4.78 is 109. The van der Waals surface area contributed by atoms with Crippen LogP contribution in [0.4, 0.5) is 17.7 Å². The summed E-state index contributed by atoms with van der Waals surface area (Å²) in [5.41, 5.74) is 15.9. The fourth-order valence-corrected chi connectivity index (χ4v) is 14.3. The number of ether oxygens (including phenoxy) is 6. The monoisotopic (exact) mass is 1210 g/mol. The summed E-state index contributed by atoms with van der Waals surface area (Å²) in [6.45, 7) is -5.22. The van der Waals surface area contributed by atoms with E-state index in [2.05, 4.69) is 48.5 Å². The summed E-state index contributed by atoms with van der Waals surface area (Å²) in [5, 5.41) is 22.6. The first kappa shape index (κ1) is 58.9. The molecule has 0 amide bonds. The fraction of sp³-hybridized carbons (Fsp3) is 0.583. The molecule has 3 aliphatic heterocycles. The van der Waals surface area contributed by atoms with Gasteiger partial charge in [0.15, 0.2) is 41.4 Å². The van der Waals surface area contributed by atoms with Crippen LogP contribution in [0.2, 0.25) is 0 Å². The van der Waals surface area contributed by atoms with Gasteiger partial charge in [0.1, 0.15) is 73.5 Å². The van der Waals surface area contributed by atoms with Gasteiger partial charge < -0.3 is 93.5 Å². The summed E-state index contributed by atoms with van der Waals surface area (Å²) in [6.07, 6.45) is -14.0. The minimum absolute atomic E-state index is 0.00718. The lowest BCUT2D eigenvalue weighted by Gasteiger charge is -2.37. The molecule has 3 fully saturated rings. The number of aromatic nitrogens is 12. The number of fused-ring (bicyclic) bond motifs is 3. The van der Waals surface area contributed by atoms with Crippen molar-refractivity contribution in [3.05, 3.63) is 46.0 Å². The molecule has 6 aromatic rings. The molecule has 10 N–H and O–H groups in total. The van der Waals surface area contributed by atoms with Gasteiger partial charge in [0.05, 0.1) is 45.6 Å². The van der Waals surface area contributed by atoms with E-state index < -0.39 is 141 Å². The molecule has 16 atom stereocenters. The van der Waals surface area contributed by atoms with E-state index in [1.165, 1.54) is 31.6 Å². The van der Waals surface area contributed by atoms with E-state index in [0.717, 1.165) is 33.2 Å². The molecule has 0 radical (unpaired) electrons. The number of aryl methyl sites for hydroxylation is 1. The second-order valence-corrected chi connectivity index (χ2v) is 25.0. The first-order valence-corrected chi connectivity index (χ1v) is 29.8. The zero-order valence-corrected chi connectivity index (χ0v) is 45.7. The highest BCUT2D eigenvalue weighted by Gasteiger charge is 2.52. The molecular formula is C36H48N15O23P4S-3. The number of methoxy groups -OCH3 is 2. The number of phosphoric ester groups is 2. The molecule has 0 aromatic carbocycles. The molecule has 9 heterocycles. The summed E-state index contributed by atoms with van der Waals surface area (Å²) >= 11 is 4.72. The Morgan fingerprint density at radius 3 is 2.01 bits per heavy atom. The van der Waals surface area contributed by atoms with Crippen LogP contribution in [0.25, 0.3) is 33.5 Å².